The highest BCUT2D eigenvalue weighted by molar-refractivity contribution is 6.32. The summed E-state index contributed by atoms with van der Waals surface area (Å²) in [6.45, 7) is 1.57. The molecule has 2 heterocycles. The molecule has 0 unspecified atom stereocenters. The Balaban J connectivity index is 2.26. The minimum atomic E-state index is 0.0634. The second-order valence-electron chi connectivity index (χ2n) is 4.26. The first-order valence-corrected chi connectivity index (χ1v) is 5.73. The summed E-state index contributed by atoms with van der Waals surface area (Å²) in [7, 11) is 0. The molecule has 3 rings (SSSR count). The van der Waals surface area contributed by atoms with Crippen molar-refractivity contribution in [1.82, 2.24) is 9.38 Å². The Labute approximate surface area is 98.1 Å². The molecule has 1 fully saturated rings. The molecule has 82 valence electrons. The van der Waals surface area contributed by atoms with Gasteiger partial charge in [-0.15, -0.1) is 0 Å². The summed E-state index contributed by atoms with van der Waals surface area (Å²) in [5.41, 5.74) is 1.58. The molecule has 0 spiro atoms. The molecular weight excluding hydrogens is 224 g/mol. The van der Waals surface area contributed by atoms with Crippen LogP contribution < -0.4 is 0 Å². The largest absolute Gasteiger partial charge is 0.301 e. The molecule has 2 aromatic rings. The summed E-state index contributed by atoms with van der Waals surface area (Å²) in [5.74, 6) is 1.57. The zero-order valence-corrected chi connectivity index (χ0v) is 9.66. The Morgan fingerprint density at radius 1 is 1.50 bits per heavy atom. The van der Waals surface area contributed by atoms with Crippen molar-refractivity contribution >= 4 is 22.9 Å². The molecule has 0 atom stereocenters. The summed E-state index contributed by atoms with van der Waals surface area (Å²) >= 11 is 6.06. The first kappa shape index (κ1) is 9.85. The second-order valence-corrected chi connectivity index (χ2v) is 4.62. The standard InChI is InChI=1S/C12H11ClN2O/c1-7(16)9-4-5-10-11(13)14-12(8-2-3-8)15(10)6-9/h4-6,8H,2-3H2,1H3. The molecular formula is C12H11ClN2O. The third-order valence-corrected chi connectivity index (χ3v) is 3.25. The van der Waals surface area contributed by atoms with Crippen molar-refractivity contribution in [2.45, 2.75) is 25.7 Å². The third kappa shape index (κ3) is 1.43. The molecule has 0 bridgehead atoms. The van der Waals surface area contributed by atoms with Gasteiger partial charge >= 0.3 is 0 Å². The van der Waals surface area contributed by atoms with E-state index in [4.69, 9.17) is 11.6 Å². The fraction of sp³-hybridized carbons (Fsp3) is 0.333. The van der Waals surface area contributed by atoms with Gasteiger partial charge in [0.25, 0.3) is 0 Å². The molecule has 0 aliphatic heterocycles. The van der Waals surface area contributed by atoms with Crippen molar-refractivity contribution < 1.29 is 4.79 Å². The van der Waals surface area contributed by atoms with Gasteiger partial charge in [0.15, 0.2) is 10.9 Å². The lowest BCUT2D eigenvalue weighted by molar-refractivity contribution is 0.101. The Kier molecular flexibility index (Phi) is 2.04. The van der Waals surface area contributed by atoms with Crippen molar-refractivity contribution in [2.75, 3.05) is 0 Å². The number of carbonyl (C=O) groups excluding carboxylic acids is 1. The normalized spacial score (nSPS) is 15.6. The van der Waals surface area contributed by atoms with E-state index in [0.717, 1.165) is 11.3 Å². The van der Waals surface area contributed by atoms with Crippen LogP contribution in [0.1, 0.15) is 41.9 Å². The molecule has 0 aromatic carbocycles. The number of carbonyl (C=O) groups is 1. The van der Waals surface area contributed by atoms with E-state index in [1.54, 1.807) is 13.0 Å². The number of imidazole rings is 1. The molecule has 0 radical (unpaired) electrons. The monoisotopic (exact) mass is 234 g/mol. The maximum Gasteiger partial charge on any atom is 0.161 e. The maximum absolute atomic E-state index is 11.3. The number of pyridine rings is 1. The van der Waals surface area contributed by atoms with Crippen molar-refractivity contribution in [1.29, 1.82) is 0 Å². The highest BCUT2D eigenvalue weighted by Gasteiger charge is 2.29. The molecule has 1 aliphatic carbocycles. The van der Waals surface area contributed by atoms with E-state index in [-0.39, 0.29) is 5.78 Å². The van der Waals surface area contributed by atoms with Crippen LogP contribution in [0.15, 0.2) is 18.3 Å². The van der Waals surface area contributed by atoms with Crippen LogP contribution in [0.25, 0.3) is 5.52 Å². The number of aromatic nitrogens is 2. The van der Waals surface area contributed by atoms with Crippen LogP contribution in [-0.4, -0.2) is 15.2 Å². The molecule has 3 nitrogen and oxygen atoms in total. The molecule has 0 amide bonds. The number of fused-ring (bicyclic) bond motifs is 1. The van der Waals surface area contributed by atoms with Gasteiger partial charge in [-0.25, -0.2) is 4.98 Å². The van der Waals surface area contributed by atoms with Crippen LogP contribution in [0.2, 0.25) is 5.15 Å². The van der Waals surface area contributed by atoms with Crippen LogP contribution in [0.3, 0.4) is 0 Å². The van der Waals surface area contributed by atoms with E-state index in [9.17, 15) is 4.79 Å². The lowest BCUT2D eigenvalue weighted by Gasteiger charge is -2.01. The molecule has 4 heteroatoms. The predicted octanol–water partition coefficient (Wildman–Crippen LogP) is 3.07. The third-order valence-electron chi connectivity index (χ3n) is 2.97. The van der Waals surface area contributed by atoms with Gasteiger partial charge in [-0.05, 0) is 31.9 Å². The first-order chi connectivity index (χ1) is 7.66. The van der Waals surface area contributed by atoms with Crippen molar-refractivity contribution in [3.63, 3.8) is 0 Å². The number of Topliss-reactive ketones (excluding diaryl/α,β-unsaturated/α-hetero) is 1. The highest BCUT2D eigenvalue weighted by Crippen LogP contribution is 2.40. The zero-order valence-electron chi connectivity index (χ0n) is 8.90. The molecule has 1 aliphatic rings. The fourth-order valence-electron chi connectivity index (χ4n) is 1.91. The zero-order chi connectivity index (χ0) is 11.3. The Morgan fingerprint density at radius 2 is 2.25 bits per heavy atom. The summed E-state index contributed by atoms with van der Waals surface area (Å²) < 4.78 is 1.96. The number of ketones is 1. The average Bonchev–Trinajstić information content (AvgIpc) is 3.04. The maximum atomic E-state index is 11.3. The fourth-order valence-corrected chi connectivity index (χ4v) is 2.15. The van der Waals surface area contributed by atoms with Gasteiger partial charge < -0.3 is 4.40 Å². The van der Waals surface area contributed by atoms with Crippen molar-refractivity contribution in [3.05, 3.63) is 34.9 Å². The predicted molar refractivity (Wildman–Crippen MR) is 62.2 cm³/mol. The van der Waals surface area contributed by atoms with Gasteiger partial charge in [0, 0.05) is 17.7 Å². The van der Waals surface area contributed by atoms with Gasteiger partial charge in [0.05, 0.1) is 5.52 Å². The number of rotatable bonds is 2. The van der Waals surface area contributed by atoms with Gasteiger partial charge in [-0.2, -0.15) is 0 Å². The molecule has 16 heavy (non-hydrogen) atoms. The Morgan fingerprint density at radius 3 is 2.88 bits per heavy atom. The van der Waals surface area contributed by atoms with Gasteiger partial charge in [-0.1, -0.05) is 11.6 Å². The number of nitrogens with zero attached hydrogens (tertiary/aromatic N) is 2. The number of hydrogen-bond acceptors (Lipinski definition) is 2. The highest BCUT2D eigenvalue weighted by atomic mass is 35.5. The number of hydrogen-bond donors (Lipinski definition) is 0. The summed E-state index contributed by atoms with van der Waals surface area (Å²) in [6, 6.07) is 3.65. The lowest BCUT2D eigenvalue weighted by atomic mass is 10.2. The molecule has 2 aromatic heterocycles. The van der Waals surface area contributed by atoms with E-state index < -0.39 is 0 Å². The second kappa shape index (κ2) is 3.32. The number of halogens is 1. The van der Waals surface area contributed by atoms with E-state index in [2.05, 4.69) is 4.98 Å². The molecule has 1 saturated carbocycles. The van der Waals surface area contributed by atoms with Crippen molar-refractivity contribution in [2.24, 2.45) is 0 Å². The van der Waals surface area contributed by atoms with E-state index >= 15 is 0 Å². The van der Waals surface area contributed by atoms with Crippen LogP contribution in [0.5, 0.6) is 0 Å². The first-order valence-electron chi connectivity index (χ1n) is 5.35. The Bertz CT molecular complexity index is 584. The van der Waals surface area contributed by atoms with Crippen LogP contribution in [-0.2, 0) is 0 Å². The van der Waals surface area contributed by atoms with Crippen LogP contribution in [0.4, 0.5) is 0 Å². The van der Waals surface area contributed by atoms with Gasteiger partial charge in [0.1, 0.15) is 5.82 Å². The lowest BCUT2D eigenvalue weighted by Crippen LogP contribution is -1.98. The molecule has 0 N–H and O–H groups in total. The van der Waals surface area contributed by atoms with Gasteiger partial charge in [-0.3, -0.25) is 4.79 Å². The van der Waals surface area contributed by atoms with Crippen molar-refractivity contribution in [3.8, 4) is 0 Å². The van der Waals surface area contributed by atoms with E-state index in [0.29, 0.717) is 16.6 Å². The summed E-state index contributed by atoms with van der Waals surface area (Å²) in [4.78, 5) is 15.7. The van der Waals surface area contributed by atoms with Crippen LogP contribution in [0, 0.1) is 0 Å². The smallest absolute Gasteiger partial charge is 0.161 e. The van der Waals surface area contributed by atoms with Gasteiger partial charge in [0.2, 0.25) is 0 Å². The minimum absolute atomic E-state index is 0.0634. The molecule has 0 saturated heterocycles. The van der Waals surface area contributed by atoms with Crippen LogP contribution >= 0.6 is 11.6 Å². The average molecular weight is 235 g/mol. The van der Waals surface area contributed by atoms with E-state index in [1.807, 2.05) is 16.7 Å². The minimum Gasteiger partial charge on any atom is -0.301 e. The quantitative estimate of drug-likeness (QED) is 0.749. The summed E-state index contributed by atoms with van der Waals surface area (Å²) in [5, 5.41) is 0.525. The Hall–Kier alpha value is -1.35. The van der Waals surface area contributed by atoms with E-state index in [1.165, 1.54) is 12.8 Å². The SMILES string of the molecule is CC(=O)c1ccc2c(Cl)nc(C3CC3)n2c1. The topological polar surface area (TPSA) is 34.4 Å². The summed E-state index contributed by atoms with van der Waals surface area (Å²) in [6.07, 6.45) is 4.17.